The molecule has 166 valence electrons. The average Bonchev–Trinajstić information content (AvgIpc) is 3.27. The Morgan fingerprint density at radius 2 is 1.97 bits per heavy atom. The molecule has 2 aliphatic heterocycles. The van der Waals surface area contributed by atoms with Crippen molar-refractivity contribution in [1.29, 1.82) is 0 Å². The fourth-order valence-electron chi connectivity index (χ4n) is 5.67. The topological polar surface area (TPSA) is 58.8 Å². The highest BCUT2D eigenvalue weighted by Gasteiger charge is 2.35. The Kier molecular flexibility index (Phi) is 4.36. The molecule has 7 heteroatoms. The first kappa shape index (κ1) is 19.1. The molecule has 4 aromatic rings. The molecule has 0 unspecified atom stereocenters. The number of fused-ring (bicyclic) bond motifs is 6. The molecular weight excluding hydrogens is 412 g/mol. The van der Waals surface area contributed by atoms with Gasteiger partial charge in [-0.3, -0.25) is 9.38 Å². The van der Waals surface area contributed by atoms with Crippen molar-refractivity contribution in [3.05, 3.63) is 71.9 Å². The highest BCUT2D eigenvalue weighted by molar-refractivity contribution is 5.84. The van der Waals surface area contributed by atoms with Gasteiger partial charge in [-0.05, 0) is 43.0 Å². The highest BCUT2D eigenvalue weighted by Crippen LogP contribution is 2.46. The number of aryl methyl sites for hydroxylation is 1. The van der Waals surface area contributed by atoms with Gasteiger partial charge in [0, 0.05) is 43.3 Å². The minimum atomic E-state index is 0.242. The lowest BCUT2D eigenvalue weighted by atomic mass is 9.89. The zero-order valence-corrected chi connectivity index (χ0v) is 18.5. The van der Waals surface area contributed by atoms with Crippen molar-refractivity contribution in [2.45, 2.75) is 31.8 Å². The van der Waals surface area contributed by atoms with Gasteiger partial charge in [0.1, 0.15) is 11.5 Å². The van der Waals surface area contributed by atoms with E-state index in [4.69, 9.17) is 19.7 Å². The van der Waals surface area contributed by atoms with Crippen molar-refractivity contribution in [2.75, 3.05) is 36.1 Å². The maximum Gasteiger partial charge on any atom is 0.137 e. The summed E-state index contributed by atoms with van der Waals surface area (Å²) >= 11 is 0. The van der Waals surface area contributed by atoms with Crippen LogP contribution < -0.4 is 9.80 Å². The predicted octanol–water partition coefficient (Wildman–Crippen LogP) is 4.03. The molecule has 7 rings (SSSR count). The zero-order valence-electron chi connectivity index (χ0n) is 18.5. The number of pyridine rings is 3. The van der Waals surface area contributed by atoms with Crippen LogP contribution in [-0.2, 0) is 17.7 Å². The van der Waals surface area contributed by atoms with Crippen molar-refractivity contribution in [3.63, 3.8) is 0 Å². The normalized spacial score (nSPS) is 19.8. The van der Waals surface area contributed by atoms with Crippen molar-refractivity contribution in [3.8, 4) is 11.3 Å². The summed E-state index contributed by atoms with van der Waals surface area (Å²) in [4.78, 5) is 19.6. The quantitative estimate of drug-likeness (QED) is 0.471. The van der Waals surface area contributed by atoms with Crippen molar-refractivity contribution < 1.29 is 4.74 Å². The van der Waals surface area contributed by atoms with Gasteiger partial charge in [-0.2, -0.15) is 0 Å². The van der Waals surface area contributed by atoms with E-state index in [-0.39, 0.29) is 6.04 Å². The Morgan fingerprint density at radius 1 is 1.03 bits per heavy atom. The van der Waals surface area contributed by atoms with Crippen LogP contribution in [0, 0.1) is 0 Å². The van der Waals surface area contributed by atoms with Crippen LogP contribution in [0.4, 0.5) is 11.5 Å². The van der Waals surface area contributed by atoms with Crippen LogP contribution in [0.3, 0.4) is 0 Å². The molecule has 0 saturated carbocycles. The van der Waals surface area contributed by atoms with E-state index in [0.29, 0.717) is 0 Å². The van der Waals surface area contributed by atoms with Gasteiger partial charge in [0.2, 0.25) is 0 Å². The van der Waals surface area contributed by atoms with Gasteiger partial charge in [0.15, 0.2) is 0 Å². The molecule has 3 aliphatic rings. The van der Waals surface area contributed by atoms with Gasteiger partial charge in [-0.25, -0.2) is 9.97 Å². The molecule has 6 heterocycles. The second-order valence-electron chi connectivity index (χ2n) is 9.08. The third-order valence-corrected chi connectivity index (χ3v) is 7.23. The molecule has 0 bridgehead atoms. The molecule has 1 aliphatic carbocycles. The highest BCUT2D eigenvalue weighted by atomic mass is 16.5. The number of anilines is 2. The van der Waals surface area contributed by atoms with Crippen LogP contribution >= 0.6 is 0 Å². The second kappa shape index (κ2) is 7.56. The van der Waals surface area contributed by atoms with E-state index >= 15 is 0 Å². The first-order chi connectivity index (χ1) is 16.4. The SMILES string of the molecule is c1cnc2c(c1)CCC[C@@H]2N1Cc2nc3ccccn3c2-c2cnc(N3CCOCC3)cc21. The minimum absolute atomic E-state index is 0.242. The molecule has 0 N–H and O–H groups in total. The Hall–Kier alpha value is -3.45. The van der Waals surface area contributed by atoms with Crippen molar-refractivity contribution in [2.24, 2.45) is 0 Å². The van der Waals surface area contributed by atoms with E-state index in [1.165, 1.54) is 23.4 Å². The fraction of sp³-hybridized carbons (Fsp3) is 0.346. The summed E-state index contributed by atoms with van der Waals surface area (Å²) in [5.74, 6) is 1.02. The smallest absolute Gasteiger partial charge is 0.137 e. The monoisotopic (exact) mass is 438 g/mol. The summed E-state index contributed by atoms with van der Waals surface area (Å²) in [6.45, 7) is 4.03. The largest absolute Gasteiger partial charge is 0.378 e. The summed E-state index contributed by atoms with van der Waals surface area (Å²) < 4.78 is 7.78. The van der Waals surface area contributed by atoms with E-state index in [9.17, 15) is 0 Å². The predicted molar refractivity (Wildman–Crippen MR) is 128 cm³/mol. The third kappa shape index (κ3) is 3.03. The number of morpholine rings is 1. The summed E-state index contributed by atoms with van der Waals surface area (Å²) in [7, 11) is 0. The van der Waals surface area contributed by atoms with Crippen molar-refractivity contribution >= 4 is 17.2 Å². The number of imidazole rings is 1. The number of hydrogen-bond acceptors (Lipinski definition) is 6. The molecule has 1 atom stereocenters. The van der Waals surface area contributed by atoms with Crippen LogP contribution in [0.1, 0.15) is 35.8 Å². The maximum atomic E-state index is 5.57. The lowest BCUT2D eigenvalue weighted by Gasteiger charge is -2.40. The average molecular weight is 439 g/mol. The van der Waals surface area contributed by atoms with Crippen LogP contribution in [0.2, 0.25) is 0 Å². The fourth-order valence-corrected chi connectivity index (χ4v) is 5.67. The van der Waals surface area contributed by atoms with Gasteiger partial charge < -0.3 is 14.5 Å². The maximum absolute atomic E-state index is 5.57. The molecule has 0 spiro atoms. The molecule has 1 saturated heterocycles. The number of hydrogen-bond donors (Lipinski definition) is 0. The Morgan fingerprint density at radius 3 is 2.91 bits per heavy atom. The second-order valence-corrected chi connectivity index (χ2v) is 9.08. The molecule has 0 amide bonds. The van der Waals surface area contributed by atoms with Gasteiger partial charge >= 0.3 is 0 Å². The first-order valence-corrected chi connectivity index (χ1v) is 11.9. The van der Waals surface area contributed by atoms with Gasteiger partial charge in [-0.1, -0.05) is 12.1 Å². The molecule has 0 aromatic carbocycles. The lowest BCUT2D eigenvalue weighted by Crippen LogP contribution is -2.37. The van der Waals surface area contributed by atoms with E-state index in [1.807, 2.05) is 12.3 Å². The molecule has 1 fully saturated rings. The van der Waals surface area contributed by atoms with Gasteiger partial charge in [0.25, 0.3) is 0 Å². The van der Waals surface area contributed by atoms with E-state index in [0.717, 1.165) is 74.1 Å². The molecule has 33 heavy (non-hydrogen) atoms. The molecule has 0 radical (unpaired) electrons. The van der Waals surface area contributed by atoms with Gasteiger partial charge in [-0.15, -0.1) is 0 Å². The van der Waals surface area contributed by atoms with Crippen LogP contribution in [0.5, 0.6) is 0 Å². The van der Waals surface area contributed by atoms with E-state index < -0.39 is 0 Å². The number of rotatable bonds is 2. The van der Waals surface area contributed by atoms with Gasteiger partial charge in [0.05, 0.1) is 48.6 Å². The molecular formula is C26H26N6O. The Bertz CT molecular complexity index is 1340. The first-order valence-electron chi connectivity index (χ1n) is 11.9. The Balaban J connectivity index is 1.41. The summed E-state index contributed by atoms with van der Waals surface area (Å²) in [5.41, 5.74) is 8.22. The molecule has 4 aromatic heterocycles. The minimum Gasteiger partial charge on any atom is -0.378 e. The van der Waals surface area contributed by atoms with Crippen LogP contribution in [-0.4, -0.2) is 45.7 Å². The van der Waals surface area contributed by atoms with E-state index in [1.54, 1.807) is 0 Å². The lowest BCUT2D eigenvalue weighted by molar-refractivity contribution is 0.122. The number of ether oxygens (including phenoxy) is 1. The Labute approximate surface area is 192 Å². The third-order valence-electron chi connectivity index (χ3n) is 7.23. The summed E-state index contributed by atoms with van der Waals surface area (Å²) in [6, 6.07) is 13.0. The number of aromatic nitrogens is 4. The van der Waals surface area contributed by atoms with Crippen LogP contribution in [0.15, 0.2) is 55.0 Å². The van der Waals surface area contributed by atoms with Crippen LogP contribution in [0.25, 0.3) is 16.9 Å². The number of nitrogens with zero attached hydrogens (tertiary/aromatic N) is 6. The summed E-state index contributed by atoms with van der Waals surface area (Å²) in [5, 5.41) is 0. The van der Waals surface area contributed by atoms with Crippen molar-refractivity contribution in [1.82, 2.24) is 19.4 Å². The summed E-state index contributed by atoms with van der Waals surface area (Å²) in [6.07, 6.45) is 9.47. The molecule has 7 nitrogen and oxygen atoms in total. The standard InChI is InChI=1S/C26H26N6O/c1-2-10-31-23(8-1)29-20-17-32(21-7-3-5-18-6-4-9-27-25(18)21)22-15-24(28-16-19(22)26(20)31)30-11-13-33-14-12-30/h1-2,4,6,8-10,15-16,21H,3,5,7,11-14,17H2/t21-/m0/s1. The zero-order chi connectivity index (χ0) is 21.8. The van der Waals surface area contributed by atoms with E-state index in [2.05, 4.69) is 56.9 Å².